The largest absolute Gasteiger partial charge is 0.480 e. The number of nitrogens with zero attached hydrogens (tertiary/aromatic N) is 2. The molecule has 1 atom stereocenters. The van der Waals surface area contributed by atoms with Gasteiger partial charge in [-0.3, -0.25) is 9.48 Å². The molecule has 0 spiro atoms. The number of aliphatic carboxylic acids is 1. The van der Waals surface area contributed by atoms with E-state index in [1.165, 1.54) is 13.1 Å². The van der Waals surface area contributed by atoms with E-state index in [9.17, 15) is 14.7 Å². The minimum absolute atomic E-state index is 0.351. The van der Waals surface area contributed by atoms with Gasteiger partial charge in [-0.2, -0.15) is 5.10 Å². The van der Waals surface area contributed by atoms with Gasteiger partial charge >= 0.3 is 5.97 Å². The van der Waals surface area contributed by atoms with Crippen molar-refractivity contribution in [2.45, 2.75) is 38.8 Å². The maximum Gasteiger partial charge on any atom is 0.329 e. The van der Waals surface area contributed by atoms with Gasteiger partial charge in [0.15, 0.2) is 0 Å². The van der Waals surface area contributed by atoms with Gasteiger partial charge in [0.25, 0.3) is 5.91 Å². The highest BCUT2D eigenvalue weighted by molar-refractivity contribution is 5.97. The number of benzene rings is 1. The Morgan fingerprint density at radius 2 is 2.00 bits per heavy atom. The molecule has 1 heterocycles. The Balaban J connectivity index is 2.07. The maximum absolute atomic E-state index is 12.3. The Kier molecular flexibility index (Phi) is 5.16. The van der Waals surface area contributed by atoms with Gasteiger partial charge in [-0.25, -0.2) is 4.79 Å². The number of carbonyl (C=O) groups excluding carboxylic acids is 1. The number of carboxylic acid groups (broad SMARTS) is 1. The molecular formula is C17H21N3O3. The van der Waals surface area contributed by atoms with Crippen LogP contribution < -0.4 is 5.32 Å². The summed E-state index contributed by atoms with van der Waals surface area (Å²) in [5.41, 5.74) is 0.154. The number of nitrogens with one attached hydrogen (secondary N) is 1. The van der Waals surface area contributed by atoms with Gasteiger partial charge in [-0.05, 0) is 18.9 Å². The number of hydrogen-bond acceptors (Lipinski definition) is 3. The molecule has 2 aromatic rings. The van der Waals surface area contributed by atoms with E-state index in [2.05, 4.69) is 10.4 Å². The van der Waals surface area contributed by atoms with Gasteiger partial charge in [-0.1, -0.05) is 43.7 Å². The molecule has 0 radical (unpaired) electrons. The van der Waals surface area contributed by atoms with Gasteiger partial charge in [0.1, 0.15) is 5.54 Å². The lowest BCUT2D eigenvalue weighted by molar-refractivity contribution is -0.144. The standard InChI is InChI=1S/C17H21N3O3/c1-3-9-17(2,16(22)23)19-15(21)14-10-18-20(12-14)11-13-7-5-4-6-8-13/h4-8,10,12H,3,9,11H2,1-2H3,(H,19,21)(H,22,23). The monoisotopic (exact) mass is 315 g/mol. The van der Waals surface area contributed by atoms with Crippen molar-refractivity contribution in [2.24, 2.45) is 0 Å². The summed E-state index contributed by atoms with van der Waals surface area (Å²) in [6.45, 7) is 3.95. The normalized spacial score (nSPS) is 13.3. The van der Waals surface area contributed by atoms with E-state index in [1.807, 2.05) is 37.3 Å². The highest BCUT2D eigenvalue weighted by Gasteiger charge is 2.34. The van der Waals surface area contributed by atoms with Crippen molar-refractivity contribution >= 4 is 11.9 Å². The summed E-state index contributed by atoms with van der Waals surface area (Å²) in [4.78, 5) is 23.7. The van der Waals surface area contributed by atoms with Gasteiger partial charge in [-0.15, -0.1) is 0 Å². The molecule has 6 nitrogen and oxygen atoms in total. The molecule has 1 aromatic carbocycles. The number of amides is 1. The zero-order chi connectivity index (χ0) is 16.9. The third-order valence-corrected chi connectivity index (χ3v) is 3.69. The predicted octanol–water partition coefficient (Wildman–Crippen LogP) is 2.30. The van der Waals surface area contributed by atoms with E-state index in [1.54, 1.807) is 10.9 Å². The van der Waals surface area contributed by atoms with Crippen LogP contribution in [0.5, 0.6) is 0 Å². The van der Waals surface area contributed by atoms with Crippen molar-refractivity contribution < 1.29 is 14.7 Å². The average Bonchev–Trinajstić information content (AvgIpc) is 2.97. The highest BCUT2D eigenvalue weighted by Crippen LogP contribution is 2.14. The molecule has 1 amide bonds. The Morgan fingerprint density at radius 3 is 2.61 bits per heavy atom. The lowest BCUT2D eigenvalue weighted by atomic mass is 9.96. The Morgan fingerprint density at radius 1 is 1.30 bits per heavy atom. The topological polar surface area (TPSA) is 84.2 Å². The van der Waals surface area contributed by atoms with E-state index < -0.39 is 17.4 Å². The van der Waals surface area contributed by atoms with Crippen LogP contribution in [0.15, 0.2) is 42.7 Å². The molecule has 2 rings (SSSR count). The van der Waals surface area contributed by atoms with Gasteiger partial charge in [0, 0.05) is 6.20 Å². The number of rotatable bonds is 7. The zero-order valence-electron chi connectivity index (χ0n) is 13.3. The molecule has 0 fully saturated rings. The van der Waals surface area contributed by atoms with E-state index in [-0.39, 0.29) is 0 Å². The molecule has 2 N–H and O–H groups in total. The summed E-state index contributed by atoms with van der Waals surface area (Å²) in [5.74, 6) is -1.47. The summed E-state index contributed by atoms with van der Waals surface area (Å²) in [5, 5.41) is 16.1. The van der Waals surface area contributed by atoms with Crippen molar-refractivity contribution in [3.8, 4) is 0 Å². The van der Waals surface area contributed by atoms with Gasteiger partial charge in [0.05, 0.1) is 18.3 Å². The van der Waals surface area contributed by atoms with E-state index in [0.717, 1.165) is 5.56 Å². The molecule has 1 aromatic heterocycles. The predicted molar refractivity (Wildman–Crippen MR) is 86.2 cm³/mol. The third kappa shape index (κ3) is 4.18. The molecule has 0 aliphatic rings. The first kappa shape index (κ1) is 16.7. The minimum Gasteiger partial charge on any atom is -0.480 e. The summed E-state index contributed by atoms with van der Waals surface area (Å²) < 4.78 is 1.65. The van der Waals surface area contributed by atoms with E-state index in [4.69, 9.17) is 0 Å². The second-order valence-electron chi connectivity index (χ2n) is 5.75. The number of carboxylic acids is 1. The first-order chi connectivity index (χ1) is 10.9. The second-order valence-corrected chi connectivity index (χ2v) is 5.75. The molecule has 0 saturated carbocycles. The van der Waals surface area contributed by atoms with Crippen molar-refractivity contribution in [3.63, 3.8) is 0 Å². The molecule has 0 aliphatic carbocycles. The molecule has 0 aliphatic heterocycles. The van der Waals surface area contributed by atoms with Crippen LogP contribution in [-0.4, -0.2) is 32.3 Å². The van der Waals surface area contributed by atoms with Crippen LogP contribution in [0.1, 0.15) is 42.6 Å². The maximum atomic E-state index is 12.3. The van der Waals surface area contributed by atoms with Crippen LogP contribution in [-0.2, 0) is 11.3 Å². The molecule has 0 saturated heterocycles. The van der Waals surface area contributed by atoms with Crippen LogP contribution in [0.3, 0.4) is 0 Å². The Bertz CT molecular complexity index is 681. The van der Waals surface area contributed by atoms with E-state index >= 15 is 0 Å². The Hall–Kier alpha value is -2.63. The first-order valence-electron chi connectivity index (χ1n) is 7.57. The smallest absolute Gasteiger partial charge is 0.329 e. The van der Waals surface area contributed by atoms with Crippen molar-refractivity contribution in [1.29, 1.82) is 0 Å². The first-order valence-corrected chi connectivity index (χ1v) is 7.57. The summed E-state index contributed by atoms with van der Waals surface area (Å²) in [7, 11) is 0. The number of aromatic nitrogens is 2. The molecule has 0 bridgehead atoms. The zero-order valence-corrected chi connectivity index (χ0v) is 13.3. The summed E-state index contributed by atoms with van der Waals surface area (Å²) >= 11 is 0. The molecule has 1 unspecified atom stereocenters. The quantitative estimate of drug-likeness (QED) is 0.821. The summed E-state index contributed by atoms with van der Waals surface area (Å²) in [6.07, 6.45) is 4.10. The fourth-order valence-corrected chi connectivity index (χ4v) is 2.38. The average molecular weight is 315 g/mol. The molecule has 122 valence electrons. The number of carbonyl (C=O) groups is 2. The lowest BCUT2D eigenvalue weighted by Crippen LogP contribution is -2.52. The fraction of sp³-hybridized carbons (Fsp3) is 0.353. The highest BCUT2D eigenvalue weighted by atomic mass is 16.4. The second kappa shape index (κ2) is 7.09. The van der Waals surface area contributed by atoms with Crippen LogP contribution in [0.2, 0.25) is 0 Å². The van der Waals surface area contributed by atoms with Crippen molar-refractivity contribution in [2.75, 3.05) is 0 Å². The lowest BCUT2D eigenvalue weighted by Gasteiger charge is -2.25. The molecule has 6 heteroatoms. The summed E-state index contributed by atoms with van der Waals surface area (Å²) in [6, 6.07) is 9.77. The van der Waals surface area contributed by atoms with Crippen LogP contribution in [0, 0.1) is 0 Å². The minimum atomic E-state index is -1.27. The van der Waals surface area contributed by atoms with Crippen LogP contribution >= 0.6 is 0 Å². The van der Waals surface area contributed by atoms with Crippen LogP contribution in [0.4, 0.5) is 0 Å². The number of hydrogen-bond donors (Lipinski definition) is 2. The van der Waals surface area contributed by atoms with Gasteiger partial charge in [0.2, 0.25) is 0 Å². The Labute approximate surface area is 135 Å². The van der Waals surface area contributed by atoms with E-state index in [0.29, 0.717) is 24.9 Å². The molecule has 23 heavy (non-hydrogen) atoms. The van der Waals surface area contributed by atoms with Crippen molar-refractivity contribution in [3.05, 3.63) is 53.9 Å². The SMILES string of the molecule is CCCC(C)(NC(=O)c1cnn(Cc2ccccc2)c1)C(=O)O. The van der Waals surface area contributed by atoms with Crippen molar-refractivity contribution in [1.82, 2.24) is 15.1 Å². The van der Waals surface area contributed by atoms with Gasteiger partial charge < -0.3 is 10.4 Å². The van der Waals surface area contributed by atoms with Crippen LogP contribution in [0.25, 0.3) is 0 Å². The molecular weight excluding hydrogens is 294 g/mol. The third-order valence-electron chi connectivity index (χ3n) is 3.69. The fourth-order valence-electron chi connectivity index (χ4n) is 2.38.